The largest absolute Gasteiger partial charge is 0.488 e. The van der Waals surface area contributed by atoms with Crippen LogP contribution < -0.4 is 10.3 Å². The van der Waals surface area contributed by atoms with Crippen molar-refractivity contribution >= 4 is 26.8 Å². The zero-order valence-electron chi connectivity index (χ0n) is 10.5. The van der Waals surface area contributed by atoms with Gasteiger partial charge in [0.25, 0.3) is 5.56 Å². The lowest BCUT2D eigenvalue weighted by Crippen LogP contribution is -2.06. The Morgan fingerprint density at radius 1 is 1.20 bits per heavy atom. The molecular weight excluding hydrogens is 320 g/mol. The van der Waals surface area contributed by atoms with Crippen molar-refractivity contribution in [1.29, 1.82) is 0 Å². The molecule has 0 unspecified atom stereocenters. The molecule has 0 bridgehead atoms. The summed E-state index contributed by atoms with van der Waals surface area (Å²) < 4.78 is 6.54. The van der Waals surface area contributed by atoms with E-state index < -0.39 is 0 Å². The molecule has 0 atom stereocenters. The van der Waals surface area contributed by atoms with Crippen LogP contribution >= 0.6 is 15.9 Å². The number of fused-ring (bicyclic) bond motifs is 1. The Morgan fingerprint density at radius 2 is 2.00 bits per heavy atom. The highest BCUT2D eigenvalue weighted by atomic mass is 79.9. The van der Waals surface area contributed by atoms with Gasteiger partial charge in [0.15, 0.2) is 0 Å². The summed E-state index contributed by atoms with van der Waals surface area (Å²) in [4.78, 5) is 18.4. The number of ether oxygens (including phenoxy) is 1. The van der Waals surface area contributed by atoms with Gasteiger partial charge in [-0.2, -0.15) is 0 Å². The molecule has 4 nitrogen and oxygen atoms in total. The van der Waals surface area contributed by atoms with Crippen LogP contribution in [0.1, 0.15) is 5.56 Å². The van der Waals surface area contributed by atoms with Crippen molar-refractivity contribution in [2.24, 2.45) is 0 Å². The van der Waals surface area contributed by atoms with Gasteiger partial charge in [0.05, 0.1) is 21.7 Å². The summed E-state index contributed by atoms with van der Waals surface area (Å²) in [6.45, 7) is 0.448. The Hall–Kier alpha value is -2.14. The highest BCUT2D eigenvalue weighted by Gasteiger charge is 2.07. The molecule has 0 saturated heterocycles. The third kappa shape index (κ3) is 2.58. The maximum Gasteiger partial charge on any atom is 0.258 e. The van der Waals surface area contributed by atoms with Crippen molar-refractivity contribution in [1.82, 2.24) is 9.97 Å². The van der Waals surface area contributed by atoms with Gasteiger partial charge >= 0.3 is 0 Å². The number of rotatable bonds is 3. The third-order valence-corrected chi connectivity index (χ3v) is 3.55. The number of aromatic amines is 1. The van der Waals surface area contributed by atoms with Gasteiger partial charge in [0.2, 0.25) is 0 Å². The van der Waals surface area contributed by atoms with E-state index in [2.05, 4.69) is 25.9 Å². The molecule has 0 aliphatic heterocycles. The van der Waals surface area contributed by atoms with Gasteiger partial charge < -0.3 is 9.72 Å². The van der Waals surface area contributed by atoms with Crippen molar-refractivity contribution in [3.63, 3.8) is 0 Å². The van der Waals surface area contributed by atoms with Gasteiger partial charge in [-0.25, -0.2) is 4.98 Å². The second-order valence-corrected chi connectivity index (χ2v) is 5.16. The Kier molecular flexibility index (Phi) is 3.52. The number of hydrogen-bond acceptors (Lipinski definition) is 3. The Labute approximate surface area is 123 Å². The average Bonchev–Trinajstić information content (AvgIpc) is 2.47. The Balaban J connectivity index is 1.93. The molecule has 5 heteroatoms. The number of H-pyrrole nitrogens is 1. The topological polar surface area (TPSA) is 55.0 Å². The Morgan fingerprint density at radius 3 is 2.80 bits per heavy atom. The lowest BCUT2D eigenvalue weighted by Gasteiger charge is -2.09. The highest BCUT2D eigenvalue weighted by Crippen LogP contribution is 2.28. The van der Waals surface area contributed by atoms with Gasteiger partial charge in [0, 0.05) is 0 Å². The SMILES string of the molecule is O=c1[nH]cnc2cc(Br)c(OCc3ccccc3)cc12. The first kappa shape index (κ1) is 12.9. The second kappa shape index (κ2) is 5.46. The molecule has 3 rings (SSSR count). The first-order chi connectivity index (χ1) is 9.74. The molecule has 100 valence electrons. The van der Waals surface area contributed by atoms with Crippen LogP contribution in [0, 0.1) is 0 Å². The van der Waals surface area contributed by atoms with Gasteiger partial charge in [-0.05, 0) is 33.6 Å². The van der Waals surface area contributed by atoms with Crippen LogP contribution in [0.15, 0.2) is 58.1 Å². The monoisotopic (exact) mass is 330 g/mol. The van der Waals surface area contributed by atoms with E-state index in [0.717, 1.165) is 10.0 Å². The normalized spacial score (nSPS) is 10.7. The van der Waals surface area contributed by atoms with Crippen molar-refractivity contribution in [3.8, 4) is 5.75 Å². The van der Waals surface area contributed by atoms with E-state index in [1.165, 1.54) is 6.33 Å². The first-order valence-electron chi connectivity index (χ1n) is 6.08. The molecule has 0 saturated carbocycles. The minimum Gasteiger partial charge on any atom is -0.488 e. The van der Waals surface area contributed by atoms with Crippen LogP contribution in [-0.2, 0) is 6.61 Å². The van der Waals surface area contributed by atoms with E-state index in [4.69, 9.17) is 4.74 Å². The summed E-state index contributed by atoms with van der Waals surface area (Å²) in [5.41, 5.74) is 1.53. The molecular formula is C15H11BrN2O2. The van der Waals surface area contributed by atoms with E-state index in [1.807, 2.05) is 30.3 Å². The number of nitrogens with one attached hydrogen (secondary N) is 1. The number of nitrogens with zero attached hydrogens (tertiary/aromatic N) is 1. The van der Waals surface area contributed by atoms with Gasteiger partial charge in [0.1, 0.15) is 12.4 Å². The van der Waals surface area contributed by atoms with Crippen LogP contribution in [0.3, 0.4) is 0 Å². The highest BCUT2D eigenvalue weighted by molar-refractivity contribution is 9.10. The van der Waals surface area contributed by atoms with E-state index in [1.54, 1.807) is 12.1 Å². The number of hydrogen-bond donors (Lipinski definition) is 1. The molecule has 1 heterocycles. The van der Waals surface area contributed by atoms with Crippen molar-refractivity contribution in [3.05, 3.63) is 69.2 Å². The van der Waals surface area contributed by atoms with E-state index in [-0.39, 0.29) is 5.56 Å². The van der Waals surface area contributed by atoms with Gasteiger partial charge in [-0.1, -0.05) is 30.3 Å². The summed E-state index contributed by atoms with van der Waals surface area (Å²) in [6.07, 6.45) is 1.39. The zero-order chi connectivity index (χ0) is 13.9. The maximum absolute atomic E-state index is 11.8. The van der Waals surface area contributed by atoms with Crippen molar-refractivity contribution in [2.75, 3.05) is 0 Å². The van der Waals surface area contributed by atoms with E-state index in [9.17, 15) is 4.79 Å². The summed E-state index contributed by atoms with van der Waals surface area (Å²) in [7, 11) is 0. The molecule has 2 aromatic carbocycles. The van der Waals surface area contributed by atoms with Crippen LogP contribution in [0.4, 0.5) is 0 Å². The molecule has 0 aliphatic carbocycles. The quantitative estimate of drug-likeness (QED) is 0.801. The van der Waals surface area contributed by atoms with E-state index in [0.29, 0.717) is 23.3 Å². The predicted octanol–water partition coefficient (Wildman–Crippen LogP) is 3.26. The molecule has 0 amide bonds. The number of aromatic nitrogens is 2. The first-order valence-corrected chi connectivity index (χ1v) is 6.87. The molecule has 20 heavy (non-hydrogen) atoms. The molecule has 1 aromatic heterocycles. The molecule has 0 aliphatic rings. The summed E-state index contributed by atoms with van der Waals surface area (Å²) in [5, 5.41) is 0.513. The second-order valence-electron chi connectivity index (χ2n) is 4.31. The van der Waals surface area contributed by atoms with Crippen LogP contribution in [-0.4, -0.2) is 9.97 Å². The average molecular weight is 331 g/mol. The third-order valence-electron chi connectivity index (χ3n) is 2.93. The van der Waals surface area contributed by atoms with Crippen molar-refractivity contribution in [2.45, 2.75) is 6.61 Å². The minimum absolute atomic E-state index is 0.174. The lowest BCUT2D eigenvalue weighted by molar-refractivity contribution is 0.304. The minimum atomic E-state index is -0.174. The standard InChI is InChI=1S/C15H11BrN2O2/c16-12-7-13-11(15(19)18-9-17-13)6-14(12)20-8-10-4-2-1-3-5-10/h1-7,9H,8H2,(H,17,18,19). The smallest absolute Gasteiger partial charge is 0.258 e. The molecule has 3 aromatic rings. The fourth-order valence-corrected chi connectivity index (χ4v) is 2.36. The number of halogens is 1. The molecule has 1 N–H and O–H groups in total. The van der Waals surface area contributed by atoms with Crippen molar-refractivity contribution < 1.29 is 4.74 Å². The zero-order valence-corrected chi connectivity index (χ0v) is 12.1. The van der Waals surface area contributed by atoms with Crippen LogP contribution in [0.2, 0.25) is 0 Å². The summed E-state index contributed by atoms with van der Waals surface area (Å²) >= 11 is 3.44. The van der Waals surface area contributed by atoms with E-state index >= 15 is 0 Å². The summed E-state index contributed by atoms with van der Waals surface area (Å²) in [6, 6.07) is 13.3. The molecule has 0 fully saturated rings. The predicted molar refractivity (Wildman–Crippen MR) is 80.8 cm³/mol. The fourth-order valence-electron chi connectivity index (χ4n) is 1.92. The molecule has 0 spiro atoms. The summed E-state index contributed by atoms with van der Waals surface area (Å²) in [5.74, 6) is 0.625. The lowest BCUT2D eigenvalue weighted by atomic mass is 10.2. The maximum atomic E-state index is 11.8. The van der Waals surface area contributed by atoms with Gasteiger partial charge in [-0.15, -0.1) is 0 Å². The Bertz CT molecular complexity index is 800. The number of benzene rings is 2. The van der Waals surface area contributed by atoms with Gasteiger partial charge in [-0.3, -0.25) is 4.79 Å². The molecule has 0 radical (unpaired) electrons. The van der Waals surface area contributed by atoms with Crippen LogP contribution in [0.5, 0.6) is 5.75 Å². The fraction of sp³-hybridized carbons (Fsp3) is 0.0667. The van der Waals surface area contributed by atoms with Crippen LogP contribution in [0.25, 0.3) is 10.9 Å².